The summed E-state index contributed by atoms with van der Waals surface area (Å²) in [5.74, 6) is 0.866. The first-order valence-corrected chi connectivity index (χ1v) is 8.72. The highest BCUT2D eigenvalue weighted by Gasteiger charge is 2.23. The number of hydrogen-bond acceptors (Lipinski definition) is 6. The molecule has 1 aromatic heterocycles. The molecule has 0 spiro atoms. The Labute approximate surface area is 158 Å². The van der Waals surface area contributed by atoms with Crippen molar-refractivity contribution in [3.8, 4) is 23.1 Å². The van der Waals surface area contributed by atoms with Gasteiger partial charge in [0.25, 0.3) is 0 Å². The van der Waals surface area contributed by atoms with E-state index in [2.05, 4.69) is 21.4 Å². The summed E-state index contributed by atoms with van der Waals surface area (Å²) in [6.45, 7) is 9.04. The van der Waals surface area contributed by atoms with Crippen molar-refractivity contribution in [1.29, 1.82) is 5.26 Å². The Morgan fingerprint density at radius 2 is 2.00 bits per heavy atom. The van der Waals surface area contributed by atoms with Gasteiger partial charge in [0.05, 0.1) is 40.2 Å². The standard InChI is InChI=1S/C19H23ClN4O2/c1-11(2)26-16-7-6-13(8-14(16)9-21)17-15(20)10-22-18(24-17)23-12(3)19(4,5)25/h6-8,10-12,25H,1-5H3,(H,22,23,24)/t12-/m1/s1. The van der Waals surface area contributed by atoms with Gasteiger partial charge >= 0.3 is 0 Å². The van der Waals surface area contributed by atoms with Crippen LogP contribution in [0.4, 0.5) is 5.95 Å². The predicted molar refractivity (Wildman–Crippen MR) is 102 cm³/mol. The number of rotatable bonds is 6. The molecule has 0 unspecified atom stereocenters. The van der Waals surface area contributed by atoms with Crippen LogP contribution in [0, 0.1) is 11.3 Å². The highest BCUT2D eigenvalue weighted by atomic mass is 35.5. The van der Waals surface area contributed by atoms with Gasteiger partial charge in [-0.25, -0.2) is 9.97 Å². The van der Waals surface area contributed by atoms with Gasteiger partial charge in [0.15, 0.2) is 0 Å². The van der Waals surface area contributed by atoms with Crippen LogP contribution in [0.2, 0.25) is 5.02 Å². The van der Waals surface area contributed by atoms with Gasteiger partial charge < -0.3 is 15.2 Å². The zero-order valence-corrected chi connectivity index (χ0v) is 16.3. The average Bonchev–Trinajstić information content (AvgIpc) is 2.55. The van der Waals surface area contributed by atoms with E-state index in [0.29, 0.717) is 33.5 Å². The van der Waals surface area contributed by atoms with E-state index in [1.165, 1.54) is 6.20 Å². The van der Waals surface area contributed by atoms with Gasteiger partial charge in [0.1, 0.15) is 11.8 Å². The van der Waals surface area contributed by atoms with Crippen LogP contribution in [0.25, 0.3) is 11.3 Å². The number of halogens is 1. The Morgan fingerprint density at radius 1 is 1.31 bits per heavy atom. The highest BCUT2D eigenvalue weighted by Crippen LogP contribution is 2.30. The Balaban J connectivity index is 2.39. The summed E-state index contributed by atoms with van der Waals surface area (Å²) < 4.78 is 5.64. The lowest BCUT2D eigenvalue weighted by Crippen LogP contribution is -2.39. The molecule has 2 aromatic rings. The van der Waals surface area contributed by atoms with Crippen LogP contribution in [-0.2, 0) is 0 Å². The molecule has 0 fully saturated rings. The fraction of sp³-hybridized carbons (Fsp3) is 0.421. The quantitative estimate of drug-likeness (QED) is 0.793. The van der Waals surface area contributed by atoms with Gasteiger partial charge in [-0.2, -0.15) is 5.26 Å². The van der Waals surface area contributed by atoms with E-state index < -0.39 is 5.60 Å². The van der Waals surface area contributed by atoms with E-state index in [1.54, 1.807) is 32.0 Å². The molecule has 0 aliphatic rings. The molecule has 6 nitrogen and oxygen atoms in total. The third-order valence-corrected chi connectivity index (χ3v) is 4.16. The minimum absolute atomic E-state index is 0.0327. The number of aromatic nitrogens is 2. The van der Waals surface area contributed by atoms with Gasteiger partial charge in [-0.1, -0.05) is 11.6 Å². The molecule has 0 radical (unpaired) electrons. The minimum atomic E-state index is -0.938. The Hall–Kier alpha value is -2.36. The second kappa shape index (κ2) is 7.90. The van der Waals surface area contributed by atoms with Crippen LogP contribution in [-0.4, -0.2) is 32.8 Å². The van der Waals surface area contributed by atoms with Crippen LogP contribution in [0.15, 0.2) is 24.4 Å². The Kier molecular flexibility index (Phi) is 6.06. The normalized spacial score (nSPS) is 12.6. The number of nitrogens with one attached hydrogen (secondary N) is 1. The number of anilines is 1. The lowest BCUT2D eigenvalue weighted by atomic mass is 10.0. The van der Waals surface area contributed by atoms with Crippen molar-refractivity contribution < 1.29 is 9.84 Å². The number of nitriles is 1. The third kappa shape index (κ3) is 4.84. The summed E-state index contributed by atoms with van der Waals surface area (Å²) in [4.78, 5) is 8.61. The van der Waals surface area contributed by atoms with Gasteiger partial charge in [0, 0.05) is 5.56 Å². The Bertz CT molecular complexity index is 825. The number of aliphatic hydroxyl groups is 1. The molecular formula is C19H23ClN4O2. The van der Waals surface area contributed by atoms with E-state index in [4.69, 9.17) is 16.3 Å². The molecule has 1 aromatic carbocycles. The molecule has 0 aliphatic carbocycles. The zero-order valence-electron chi connectivity index (χ0n) is 15.5. The predicted octanol–water partition coefficient (Wildman–Crippen LogP) is 4.03. The molecule has 2 rings (SSSR count). The van der Waals surface area contributed by atoms with E-state index in [9.17, 15) is 10.4 Å². The third-order valence-electron chi connectivity index (χ3n) is 3.89. The van der Waals surface area contributed by atoms with Crippen molar-refractivity contribution in [2.75, 3.05) is 5.32 Å². The van der Waals surface area contributed by atoms with E-state index in [0.717, 1.165) is 0 Å². The zero-order chi connectivity index (χ0) is 19.5. The van der Waals surface area contributed by atoms with E-state index >= 15 is 0 Å². The molecule has 0 aliphatic heterocycles. The fourth-order valence-corrected chi connectivity index (χ4v) is 2.33. The van der Waals surface area contributed by atoms with E-state index in [1.807, 2.05) is 20.8 Å². The summed E-state index contributed by atoms with van der Waals surface area (Å²) >= 11 is 6.26. The highest BCUT2D eigenvalue weighted by molar-refractivity contribution is 6.32. The molecule has 0 saturated heterocycles. The van der Waals surface area contributed by atoms with Crippen molar-refractivity contribution in [1.82, 2.24) is 9.97 Å². The smallest absolute Gasteiger partial charge is 0.223 e. The molecule has 1 heterocycles. The molecule has 7 heteroatoms. The SMILES string of the molecule is CC(C)Oc1ccc(-c2nc(N[C@H](C)C(C)(C)O)ncc2Cl)cc1C#N. The number of nitrogens with zero attached hydrogens (tertiary/aromatic N) is 3. The topological polar surface area (TPSA) is 91.1 Å². The van der Waals surface area contributed by atoms with Crippen LogP contribution >= 0.6 is 11.6 Å². The van der Waals surface area contributed by atoms with Gasteiger partial charge in [-0.15, -0.1) is 0 Å². The lowest BCUT2D eigenvalue weighted by molar-refractivity contribution is 0.0646. The van der Waals surface area contributed by atoms with Gasteiger partial charge in [0.2, 0.25) is 5.95 Å². The second-order valence-corrected chi connectivity index (χ2v) is 7.31. The average molecular weight is 375 g/mol. The summed E-state index contributed by atoms with van der Waals surface area (Å²) in [5, 5.41) is 22.9. The van der Waals surface area contributed by atoms with Crippen molar-refractivity contribution in [2.24, 2.45) is 0 Å². The summed E-state index contributed by atoms with van der Waals surface area (Å²) in [6.07, 6.45) is 1.46. The maximum Gasteiger partial charge on any atom is 0.223 e. The van der Waals surface area contributed by atoms with Gasteiger partial charge in [-0.05, 0) is 52.8 Å². The monoisotopic (exact) mass is 374 g/mol. The molecule has 26 heavy (non-hydrogen) atoms. The van der Waals surface area contributed by atoms with Crippen LogP contribution in [0.3, 0.4) is 0 Å². The maximum absolute atomic E-state index is 10.1. The first kappa shape index (κ1) is 20.0. The molecular weight excluding hydrogens is 352 g/mol. The molecule has 138 valence electrons. The molecule has 1 atom stereocenters. The first-order valence-electron chi connectivity index (χ1n) is 8.34. The van der Waals surface area contributed by atoms with Crippen molar-refractivity contribution in [3.63, 3.8) is 0 Å². The van der Waals surface area contributed by atoms with Crippen molar-refractivity contribution in [2.45, 2.75) is 52.4 Å². The fourth-order valence-electron chi connectivity index (χ4n) is 2.13. The molecule has 2 N–H and O–H groups in total. The number of ether oxygens (including phenoxy) is 1. The van der Waals surface area contributed by atoms with Crippen LogP contribution in [0.1, 0.15) is 40.2 Å². The van der Waals surface area contributed by atoms with E-state index in [-0.39, 0.29) is 12.1 Å². The minimum Gasteiger partial charge on any atom is -0.490 e. The molecule has 0 saturated carbocycles. The maximum atomic E-state index is 10.1. The summed E-state index contributed by atoms with van der Waals surface area (Å²) in [5.41, 5.74) is 0.654. The molecule has 0 bridgehead atoms. The van der Waals surface area contributed by atoms with Crippen LogP contribution < -0.4 is 10.1 Å². The van der Waals surface area contributed by atoms with Gasteiger partial charge in [-0.3, -0.25) is 0 Å². The number of hydrogen-bond donors (Lipinski definition) is 2. The molecule has 0 amide bonds. The second-order valence-electron chi connectivity index (χ2n) is 6.90. The van der Waals surface area contributed by atoms with Crippen molar-refractivity contribution in [3.05, 3.63) is 35.0 Å². The Morgan fingerprint density at radius 3 is 2.58 bits per heavy atom. The summed E-state index contributed by atoms with van der Waals surface area (Å²) in [7, 11) is 0. The van der Waals surface area contributed by atoms with Crippen LogP contribution in [0.5, 0.6) is 5.75 Å². The largest absolute Gasteiger partial charge is 0.490 e. The number of benzene rings is 1. The lowest BCUT2D eigenvalue weighted by Gasteiger charge is -2.26. The van der Waals surface area contributed by atoms with Crippen molar-refractivity contribution >= 4 is 17.5 Å². The first-order chi connectivity index (χ1) is 12.1. The summed E-state index contributed by atoms with van der Waals surface area (Å²) in [6, 6.07) is 7.09.